The molecule has 1 heterocycles. The lowest BCUT2D eigenvalue weighted by molar-refractivity contribution is 0.101. The molecule has 0 aliphatic carbocycles. The zero-order valence-electron chi connectivity index (χ0n) is 9.07. The molecule has 0 saturated carbocycles. The Hall–Kier alpha value is -1.64. The minimum atomic E-state index is 0.00653. The first-order chi connectivity index (χ1) is 7.11. The van der Waals surface area contributed by atoms with Crippen molar-refractivity contribution in [2.75, 3.05) is 0 Å². The number of Topliss-reactive ketones (excluding diaryl/α,β-unsaturated/α-hetero) is 1. The maximum Gasteiger partial charge on any atom is 0.177 e. The van der Waals surface area contributed by atoms with Gasteiger partial charge in [0.15, 0.2) is 11.4 Å². The average molecular weight is 203 g/mol. The van der Waals surface area contributed by atoms with Crippen LogP contribution < -0.4 is 0 Å². The van der Waals surface area contributed by atoms with Gasteiger partial charge in [-0.1, -0.05) is 25.1 Å². The molecule has 0 spiro atoms. The van der Waals surface area contributed by atoms with E-state index in [2.05, 4.69) is 19.0 Å². The van der Waals surface area contributed by atoms with Gasteiger partial charge >= 0.3 is 0 Å². The number of hydrogen-bond acceptors (Lipinski definition) is 3. The molecule has 78 valence electrons. The van der Waals surface area contributed by atoms with Crippen LogP contribution in [0, 0.1) is 0 Å². The van der Waals surface area contributed by atoms with Crippen molar-refractivity contribution in [3.05, 3.63) is 29.5 Å². The van der Waals surface area contributed by atoms with E-state index in [9.17, 15) is 4.79 Å². The summed E-state index contributed by atoms with van der Waals surface area (Å²) in [6, 6.07) is 5.57. The van der Waals surface area contributed by atoms with E-state index in [1.54, 1.807) is 6.07 Å². The normalized spacial score (nSPS) is 11.2. The molecule has 1 aromatic heterocycles. The van der Waals surface area contributed by atoms with Gasteiger partial charge in [0, 0.05) is 5.39 Å². The first kappa shape index (κ1) is 9.90. The molecule has 0 fully saturated rings. The SMILES string of the molecule is CC(=O)c1cccc2c(C(C)C)noc12. The van der Waals surface area contributed by atoms with Gasteiger partial charge in [-0.25, -0.2) is 0 Å². The highest BCUT2D eigenvalue weighted by Gasteiger charge is 2.15. The number of nitrogens with zero attached hydrogens (tertiary/aromatic N) is 1. The van der Waals surface area contributed by atoms with Gasteiger partial charge in [0.2, 0.25) is 0 Å². The van der Waals surface area contributed by atoms with Gasteiger partial charge in [-0.3, -0.25) is 4.79 Å². The van der Waals surface area contributed by atoms with Crippen molar-refractivity contribution in [2.24, 2.45) is 0 Å². The van der Waals surface area contributed by atoms with Crippen molar-refractivity contribution in [3.8, 4) is 0 Å². The van der Waals surface area contributed by atoms with Crippen molar-refractivity contribution >= 4 is 16.8 Å². The molecule has 0 aliphatic rings. The number of hydrogen-bond donors (Lipinski definition) is 0. The topological polar surface area (TPSA) is 43.1 Å². The third-order valence-corrected chi connectivity index (χ3v) is 2.45. The molecule has 1 aromatic carbocycles. The Balaban J connectivity index is 2.74. The van der Waals surface area contributed by atoms with Gasteiger partial charge in [-0.05, 0) is 25.0 Å². The second-order valence-electron chi connectivity index (χ2n) is 3.96. The molecule has 3 nitrogen and oxygen atoms in total. The summed E-state index contributed by atoms with van der Waals surface area (Å²) in [5.74, 6) is 0.306. The summed E-state index contributed by atoms with van der Waals surface area (Å²) in [7, 11) is 0. The van der Waals surface area contributed by atoms with E-state index >= 15 is 0 Å². The van der Waals surface area contributed by atoms with Crippen molar-refractivity contribution < 1.29 is 9.32 Å². The Morgan fingerprint density at radius 2 is 2.13 bits per heavy atom. The lowest BCUT2D eigenvalue weighted by Crippen LogP contribution is -1.92. The molecule has 15 heavy (non-hydrogen) atoms. The Morgan fingerprint density at radius 3 is 2.73 bits per heavy atom. The van der Waals surface area contributed by atoms with Crippen molar-refractivity contribution in [3.63, 3.8) is 0 Å². The standard InChI is InChI=1S/C12H13NO2/c1-7(2)11-10-6-4-5-9(8(3)14)12(10)15-13-11/h4-7H,1-3H3. The van der Waals surface area contributed by atoms with Crippen LogP contribution in [-0.4, -0.2) is 10.9 Å². The first-order valence-electron chi connectivity index (χ1n) is 5.00. The molecule has 0 atom stereocenters. The third kappa shape index (κ3) is 1.54. The van der Waals surface area contributed by atoms with E-state index in [1.165, 1.54) is 6.92 Å². The highest BCUT2D eigenvalue weighted by molar-refractivity contribution is 6.05. The number of benzene rings is 1. The van der Waals surface area contributed by atoms with E-state index in [0.29, 0.717) is 17.1 Å². The van der Waals surface area contributed by atoms with Gasteiger partial charge in [-0.2, -0.15) is 0 Å². The van der Waals surface area contributed by atoms with Crippen LogP contribution in [0.3, 0.4) is 0 Å². The molecule has 3 heteroatoms. The highest BCUT2D eigenvalue weighted by atomic mass is 16.5. The van der Waals surface area contributed by atoms with E-state index in [1.807, 2.05) is 12.1 Å². The van der Waals surface area contributed by atoms with Gasteiger partial charge in [0.25, 0.3) is 0 Å². The van der Waals surface area contributed by atoms with Crippen LogP contribution in [0.5, 0.6) is 0 Å². The lowest BCUT2D eigenvalue weighted by Gasteiger charge is -1.99. The molecule has 0 aliphatic heterocycles. The molecule has 0 saturated heterocycles. The summed E-state index contributed by atoms with van der Waals surface area (Å²) in [4.78, 5) is 11.4. The van der Waals surface area contributed by atoms with Crippen molar-refractivity contribution in [1.29, 1.82) is 0 Å². The van der Waals surface area contributed by atoms with Gasteiger partial charge < -0.3 is 4.52 Å². The van der Waals surface area contributed by atoms with Crippen molar-refractivity contribution in [1.82, 2.24) is 5.16 Å². The number of fused-ring (bicyclic) bond motifs is 1. The van der Waals surface area contributed by atoms with Crippen LogP contribution in [0.15, 0.2) is 22.7 Å². The predicted octanol–water partition coefficient (Wildman–Crippen LogP) is 3.15. The smallest absolute Gasteiger partial charge is 0.177 e. The zero-order chi connectivity index (χ0) is 11.0. The van der Waals surface area contributed by atoms with E-state index in [0.717, 1.165) is 11.1 Å². The van der Waals surface area contributed by atoms with Crippen molar-refractivity contribution in [2.45, 2.75) is 26.7 Å². The second kappa shape index (κ2) is 3.50. The largest absolute Gasteiger partial charge is 0.355 e. The summed E-state index contributed by atoms with van der Waals surface area (Å²) >= 11 is 0. The number of carbonyl (C=O) groups is 1. The fraction of sp³-hybridized carbons (Fsp3) is 0.333. The molecule has 0 unspecified atom stereocenters. The van der Waals surface area contributed by atoms with E-state index < -0.39 is 0 Å². The summed E-state index contributed by atoms with van der Waals surface area (Å²) in [6.07, 6.45) is 0. The van der Waals surface area contributed by atoms with Gasteiger partial charge in [0.1, 0.15) is 0 Å². The van der Waals surface area contributed by atoms with Crippen LogP contribution in [0.1, 0.15) is 42.7 Å². The Bertz CT molecular complexity index is 511. The summed E-state index contributed by atoms with van der Waals surface area (Å²) in [6.45, 7) is 5.64. The number of rotatable bonds is 2. The van der Waals surface area contributed by atoms with Crippen LogP contribution in [0.25, 0.3) is 11.0 Å². The van der Waals surface area contributed by atoms with Crippen LogP contribution >= 0.6 is 0 Å². The van der Waals surface area contributed by atoms with Gasteiger partial charge in [-0.15, -0.1) is 0 Å². The maximum absolute atomic E-state index is 11.4. The van der Waals surface area contributed by atoms with E-state index in [-0.39, 0.29) is 5.78 Å². The fourth-order valence-corrected chi connectivity index (χ4v) is 1.67. The summed E-state index contributed by atoms with van der Waals surface area (Å²) in [5.41, 5.74) is 2.12. The molecular formula is C12H13NO2. The van der Waals surface area contributed by atoms with Gasteiger partial charge in [0.05, 0.1) is 11.3 Å². The van der Waals surface area contributed by atoms with Crippen LogP contribution in [0.4, 0.5) is 0 Å². The third-order valence-electron chi connectivity index (χ3n) is 2.45. The molecule has 2 aromatic rings. The Morgan fingerprint density at radius 1 is 1.40 bits per heavy atom. The van der Waals surface area contributed by atoms with Crippen LogP contribution in [0.2, 0.25) is 0 Å². The average Bonchev–Trinajstić information content (AvgIpc) is 2.59. The molecule has 0 N–H and O–H groups in total. The minimum Gasteiger partial charge on any atom is -0.355 e. The Kier molecular flexibility index (Phi) is 2.31. The molecule has 0 bridgehead atoms. The highest BCUT2D eigenvalue weighted by Crippen LogP contribution is 2.27. The molecule has 2 rings (SSSR count). The fourth-order valence-electron chi connectivity index (χ4n) is 1.67. The summed E-state index contributed by atoms with van der Waals surface area (Å²) in [5, 5.41) is 4.95. The monoisotopic (exact) mass is 203 g/mol. The first-order valence-corrected chi connectivity index (χ1v) is 5.00. The second-order valence-corrected chi connectivity index (χ2v) is 3.96. The van der Waals surface area contributed by atoms with Crippen LogP contribution in [-0.2, 0) is 0 Å². The maximum atomic E-state index is 11.4. The molecular weight excluding hydrogens is 190 g/mol. The minimum absolute atomic E-state index is 0.00653. The zero-order valence-corrected chi connectivity index (χ0v) is 9.07. The number of carbonyl (C=O) groups excluding carboxylic acids is 1. The van der Waals surface area contributed by atoms with E-state index in [4.69, 9.17) is 4.52 Å². The number of para-hydroxylation sites is 1. The summed E-state index contributed by atoms with van der Waals surface area (Å²) < 4.78 is 5.23. The molecule has 0 amide bonds. The number of ketones is 1. The Labute approximate surface area is 88.1 Å². The quantitative estimate of drug-likeness (QED) is 0.704. The molecule has 0 radical (unpaired) electrons. The number of aromatic nitrogens is 1. The lowest BCUT2D eigenvalue weighted by atomic mass is 10.0. The predicted molar refractivity (Wildman–Crippen MR) is 58.1 cm³/mol.